The van der Waals surface area contributed by atoms with Crippen LogP contribution in [0.5, 0.6) is 0 Å². The second-order valence-corrected chi connectivity index (χ2v) is 4.71. The van der Waals surface area contributed by atoms with Crippen LogP contribution in [0, 0.1) is 19.3 Å². The lowest BCUT2D eigenvalue weighted by atomic mass is 10.1. The zero-order valence-corrected chi connectivity index (χ0v) is 11.3. The van der Waals surface area contributed by atoms with Crippen LogP contribution >= 0.6 is 0 Å². The molecule has 0 bridgehead atoms. The van der Waals surface area contributed by atoms with E-state index in [0.29, 0.717) is 0 Å². The lowest BCUT2D eigenvalue weighted by Gasteiger charge is -2.06. The Balaban J connectivity index is 1.87. The van der Waals surface area contributed by atoms with Gasteiger partial charge in [-0.3, -0.25) is 0 Å². The molecule has 0 amide bonds. The number of benzene rings is 2. The SMILES string of the molecule is C#Cc1cccc(NCc2c(C)oc3ccccc23)c1. The molecule has 1 N–H and O–H groups in total. The zero-order chi connectivity index (χ0) is 13.9. The molecule has 0 saturated heterocycles. The average Bonchev–Trinajstić information content (AvgIpc) is 2.81. The Morgan fingerprint density at radius 2 is 2.00 bits per heavy atom. The van der Waals surface area contributed by atoms with Gasteiger partial charge in [0.2, 0.25) is 0 Å². The minimum Gasteiger partial charge on any atom is -0.461 e. The van der Waals surface area contributed by atoms with Crippen molar-refractivity contribution < 1.29 is 4.42 Å². The Labute approximate surface area is 118 Å². The highest BCUT2D eigenvalue weighted by Crippen LogP contribution is 2.26. The summed E-state index contributed by atoms with van der Waals surface area (Å²) in [5.74, 6) is 3.59. The van der Waals surface area contributed by atoms with Gasteiger partial charge < -0.3 is 9.73 Å². The van der Waals surface area contributed by atoms with Gasteiger partial charge in [-0.1, -0.05) is 30.2 Å². The van der Waals surface area contributed by atoms with E-state index in [9.17, 15) is 0 Å². The van der Waals surface area contributed by atoms with E-state index < -0.39 is 0 Å². The molecule has 0 saturated carbocycles. The number of nitrogens with one attached hydrogen (secondary N) is 1. The van der Waals surface area contributed by atoms with Crippen molar-refractivity contribution in [2.75, 3.05) is 5.32 Å². The summed E-state index contributed by atoms with van der Waals surface area (Å²) < 4.78 is 5.76. The molecule has 2 nitrogen and oxygen atoms in total. The first-order valence-corrected chi connectivity index (χ1v) is 6.55. The molecule has 2 aromatic carbocycles. The van der Waals surface area contributed by atoms with E-state index in [1.807, 2.05) is 49.4 Å². The van der Waals surface area contributed by atoms with E-state index in [1.54, 1.807) is 0 Å². The third-order valence-corrected chi connectivity index (χ3v) is 3.40. The number of rotatable bonds is 3. The maximum absolute atomic E-state index is 5.76. The summed E-state index contributed by atoms with van der Waals surface area (Å²) in [7, 11) is 0. The van der Waals surface area contributed by atoms with Crippen molar-refractivity contribution in [3.05, 3.63) is 65.4 Å². The van der Waals surface area contributed by atoms with E-state index in [1.165, 1.54) is 5.56 Å². The standard InChI is InChI=1S/C18H15NO/c1-3-14-7-6-8-15(11-14)19-12-17-13(2)20-18-10-5-4-9-16(17)18/h1,4-11,19H,12H2,2H3. The molecule has 0 unspecified atom stereocenters. The highest BCUT2D eigenvalue weighted by atomic mass is 16.3. The number of aryl methyl sites for hydroxylation is 1. The smallest absolute Gasteiger partial charge is 0.134 e. The van der Waals surface area contributed by atoms with Gasteiger partial charge in [-0.2, -0.15) is 0 Å². The van der Waals surface area contributed by atoms with Gasteiger partial charge in [0.25, 0.3) is 0 Å². The van der Waals surface area contributed by atoms with E-state index in [0.717, 1.165) is 34.5 Å². The first kappa shape index (κ1) is 12.4. The van der Waals surface area contributed by atoms with Crippen molar-refractivity contribution >= 4 is 16.7 Å². The molecule has 98 valence electrons. The van der Waals surface area contributed by atoms with E-state index in [-0.39, 0.29) is 0 Å². The summed E-state index contributed by atoms with van der Waals surface area (Å²) in [4.78, 5) is 0. The second kappa shape index (κ2) is 5.14. The molecule has 3 rings (SSSR count). The predicted octanol–water partition coefficient (Wildman–Crippen LogP) is 4.33. The molecule has 20 heavy (non-hydrogen) atoms. The maximum atomic E-state index is 5.76. The number of furan rings is 1. The van der Waals surface area contributed by atoms with Gasteiger partial charge in [0.1, 0.15) is 11.3 Å². The monoisotopic (exact) mass is 261 g/mol. The number of terminal acetylenes is 1. The summed E-state index contributed by atoms with van der Waals surface area (Å²) in [6.07, 6.45) is 5.42. The van der Waals surface area contributed by atoms with Crippen molar-refractivity contribution in [2.45, 2.75) is 13.5 Å². The molecule has 0 atom stereocenters. The average molecular weight is 261 g/mol. The molecule has 0 radical (unpaired) electrons. The molecule has 0 aliphatic heterocycles. The van der Waals surface area contributed by atoms with Crippen LogP contribution in [0.1, 0.15) is 16.9 Å². The number of hydrogen-bond acceptors (Lipinski definition) is 2. The molecule has 1 heterocycles. The third-order valence-electron chi connectivity index (χ3n) is 3.40. The second-order valence-electron chi connectivity index (χ2n) is 4.71. The summed E-state index contributed by atoms with van der Waals surface area (Å²) in [5.41, 5.74) is 4.01. The van der Waals surface area contributed by atoms with Crippen molar-refractivity contribution in [3.8, 4) is 12.3 Å². The molecule has 0 aliphatic carbocycles. The Morgan fingerprint density at radius 1 is 1.15 bits per heavy atom. The van der Waals surface area contributed by atoms with Gasteiger partial charge in [-0.05, 0) is 31.2 Å². The van der Waals surface area contributed by atoms with Crippen LogP contribution in [0.3, 0.4) is 0 Å². The first-order valence-electron chi connectivity index (χ1n) is 6.55. The molecule has 3 aromatic rings. The van der Waals surface area contributed by atoms with E-state index >= 15 is 0 Å². The normalized spacial score (nSPS) is 10.4. The van der Waals surface area contributed by atoms with Gasteiger partial charge >= 0.3 is 0 Å². The van der Waals surface area contributed by atoms with Gasteiger partial charge in [0, 0.05) is 28.7 Å². The first-order chi connectivity index (χ1) is 9.78. The summed E-state index contributed by atoms with van der Waals surface area (Å²) in [6, 6.07) is 15.9. The molecule has 2 heteroatoms. The fraction of sp³-hybridized carbons (Fsp3) is 0.111. The maximum Gasteiger partial charge on any atom is 0.134 e. The van der Waals surface area contributed by atoms with Gasteiger partial charge in [0.15, 0.2) is 0 Å². The van der Waals surface area contributed by atoms with Crippen LogP contribution in [0.15, 0.2) is 52.9 Å². The quantitative estimate of drug-likeness (QED) is 0.710. The Morgan fingerprint density at radius 3 is 2.85 bits per heavy atom. The minimum atomic E-state index is 0.719. The van der Waals surface area contributed by atoms with Crippen LogP contribution in [0.2, 0.25) is 0 Å². The van der Waals surface area contributed by atoms with E-state index in [2.05, 4.69) is 17.3 Å². The number of para-hydroxylation sites is 1. The van der Waals surface area contributed by atoms with Crippen molar-refractivity contribution in [2.24, 2.45) is 0 Å². The van der Waals surface area contributed by atoms with Crippen LogP contribution in [0.4, 0.5) is 5.69 Å². The van der Waals surface area contributed by atoms with Crippen molar-refractivity contribution in [1.29, 1.82) is 0 Å². The third kappa shape index (κ3) is 2.26. The molecule has 0 aliphatic rings. The lowest BCUT2D eigenvalue weighted by Crippen LogP contribution is -2.00. The summed E-state index contributed by atoms with van der Waals surface area (Å²) in [6.45, 7) is 2.71. The van der Waals surface area contributed by atoms with Crippen LogP contribution in [0.25, 0.3) is 11.0 Å². The fourth-order valence-corrected chi connectivity index (χ4v) is 2.35. The highest BCUT2D eigenvalue weighted by molar-refractivity contribution is 5.82. The predicted molar refractivity (Wildman–Crippen MR) is 82.7 cm³/mol. The number of anilines is 1. The van der Waals surface area contributed by atoms with Crippen LogP contribution < -0.4 is 5.32 Å². The fourth-order valence-electron chi connectivity index (χ4n) is 2.35. The van der Waals surface area contributed by atoms with Gasteiger partial charge in [-0.15, -0.1) is 6.42 Å². The zero-order valence-electron chi connectivity index (χ0n) is 11.3. The summed E-state index contributed by atoms with van der Waals surface area (Å²) in [5, 5.41) is 4.56. The van der Waals surface area contributed by atoms with Gasteiger partial charge in [-0.25, -0.2) is 0 Å². The van der Waals surface area contributed by atoms with Crippen LogP contribution in [-0.4, -0.2) is 0 Å². The topological polar surface area (TPSA) is 25.2 Å². The largest absolute Gasteiger partial charge is 0.461 e. The molecular formula is C18H15NO. The number of fused-ring (bicyclic) bond motifs is 1. The van der Waals surface area contributed by atoms with E-state index in [4.69, 9.17) is 10.8 Å². The molecule has 1 aromatic heterocycles. The Bertz CT molecular complexity index is 793. The Hall–Kier alpha value is -2.66. The molecule has 0 fully saturated rings. The summed E-state index contributed by atoms with van der Waals surface area (Å²) >= 11 is 0. The molecular weight excluding hydrogens is 246 g/mol. The number of hydrogen-bond donors (Lipinski definition) is 1. The minimum absolute atomic E-state index is 0.719. The van der Waals surface area contributed by atoms with Gasteiger partial charge in [0.05, 0.1) is 0 Å². The van der Waals surface area contributed by atoms with Crippen molar-refractivity contribution in [1.82, 2.24) is 0 Å². The Kier molecular flexibility index (Phi) is 3.18. The van der Waals surface area contributed by atoms with Crippen LogP contribution in [-0.2, 0) is 6.54 Å². The highest BCUT2D eigenvalue weighted by Gasteiger charge is 2.09. The van der Waals surface area contributed by atoms with Crippen molar-refractivity contribution in [3.63, 3.8) is 0 Å². The molecule has 0 spiro atoms. The lowest BCUT2D eigenvalue weighted by molar-refractivity contribution is 0.573.